The summed E-state index contributed by atoms with van der Waals surface area (Å²) in [6, 6.07) is 0. The van der Waals surface area contributed by atoms with Gasteiger partial charge in [0.2, 0.25) is 11.8 Å². The average Bonchev–Trinajstić information content (AvgIpc) is 2.84. The first-order chi connectivity index (χ1) is 16.1. The Bertz CT molecular complexity index is 679. The molecule has 0 aromatic rings. The maximum absolute atomic E-state index is 11.7. The van der Waals surface area contributed by atoms with Crippen molar-refractivity contribution < 1.29 is 29.1 Å². The summed E-state index contributed by atoms with van der Waals surface area (Å²) < 4.78 is 9.80. The van der Waals surface area contributed by atoms with Crippen LogP contribution in [-0.2, 0) is 23.9 Å². The minimum Gasteiger partial charge on any atom is -0.494 e. The van der Waals surface area contributed by atoms with Gasteiger partial charge in [-0.05, 0) is 32.3 Å². The molecule has 0 bridgehead atoms. The molecule has 3 N–H and O–H groups in total. The lowest BCUT2D eigenvalue weighted by atomic mass is 10.1. The fourth-order valence-corrected chi connectivity index (χ4v) is 2.09. The second kappa shape index (κ2) is 24.8. The quantitative estimate of drug-likeness (QED) is 0.0647. The van der Waals surface area contributed by atoms with E-state index in [9.17, 15) is 14.4 Å². The summed E-state index contributed by atoms with van der Waals surface area (Å²) in [5, 5.41) is 10.7. The zero-order chi connectivity index (χ0) is 26.9. The molecule has 0 aliphatic heterocycles. The van der Waals surface area contributed by atoms with Crippen LogP contribution in [0.5, 0.6) is 0 Å². The lowest BCUT2D eigenvalue weighted by molar-refractivity contribution is -0.140. The molecule has 0 aliphatic carbocycles. The Balaban J connectivity index is -0.000000541. The monoisotopic (exact) mass is 482 g/mol. The topological polar surface area (TPSA) is 114 Å². The molecule has 0 atom stereocenters. The highest BCUT2D eigenvalue weighted by Crippen LogP contribution is 2.07. The lowest BCUT2D eigenvalue weighted by Crippen LogP contribution is -2.33. The summed E-state index contributed by atoms with van der Waals surface area (Å²) in [5.74, 6) is -1.02. The third kappa shape index (κ3) is 23.8. The standard InChI is InChI=1S/C13H22O.C11H18N2O5.C2H6/c1-5-7-8-11-14-13(4)10-9-12(3)6-2;1-7(2)4-8(5-9(14)13-17)11(16)12-6-10(15)18-3;1-2/h6,9-10H,4-5,7-8,11H2,1-3H3;4,7,17H,5-6H2,1-3H3,(H,12,16)(H,13,14);1-2H3/b10-9-,12-6-;8-4-;. The smallest absolute Gasteiger partial charge is 0.325 e. The highest BCUT2D eigenvalue weighted by Gasteiger charge is 2.15. The van der Waals surface area contributed by atoms with Crippen LogP contribution >= 0.6 is 0 Å². The number of methoxy groups -OCH3 is 1. The van der Waals surface area contributed by atoms with Gasteiger partial charge in [-0.1, -0.05) is 77.8 Å². The van der Waals surface area contributed by atoms with E-state index in [1.165, 1.54) is 31.0 Å². The molecule has 0 saturated carbocycles. The van der Waals surface area contributed by atoms with Crippen molar-refractivity contribution in [1.29, 1.82) is 0 Å². The summed E-state index contributed by atoms with van der Waals surface area (Å²) >= 11 is 0. The predicted octanol–water partition coefficient (Wildman–Crippen LogP) is 5.01. The number of hydrogen-bond donors (Lipinski definition) is 3. The first-order valence-electron chi connectivity index (χ1n) is 11.7. The second-order valence-corrected chi connectivity index (χ2v) is 7.29. The molecule has 8 nitrogen and oxygen atoms in total. The molecular formula is C26H46N2O6. The maximum Gasteiger partial charge on any atom is 0.325 e. The van der Waals surface area contributed by atoms with Crippen molar-refractivity contribution in [3.8, 4) is 0 Å². The minimum atomic E-state index is -0.699. The van der Waals surface area contributed by atoms with Gasteiger partial charge in [0.25, 0.3) is 0 Å². The van der Waals surface area contributed by atoms with E-state index >= 15 is 0 Å². The Morgan fingerprint density at radius 2 is 1.74 bits per heavy atom. The van der Waals surface area contributed by atoms with E-state index in [4.69, 9.17) is 9.94 Å². The molecule has 0 fully saturated rings. The van der Waals surface area contributed by atoms with E-state index in [1.807, 2.05) is 46.8 Å². The Labute approximate surface area is 206 Å². The number of hydrogen-bond acceptors (Lipinski definition) is 6. The van der Waals surface area contributed by atoms with Gasteiger partial charge in [-0.3, -0.25) is 19.6 Å². The molecule has 0 aromatic carbocycles. The number of amides is 2. The highest BCUT2D eigenvalue weighted by atomic mass is 16.5. The number of nitrogens with one attached hydrogen (secondary N) is 2. The van der Waals surface area contributed by atoms with Gasteiger partial charge in [-0.25, -0.2) is 5.48 Å². The van der Waals surface area contributed by atoms with Gasteiger partial charge in [0, 0.05) is 5.57 Å². The number of allylic oxidation sites excluding steroid dienone is 5. The Morgan fingerprint density at radius 3 is 2.21 bits per heavy atom. The molecule has 8 heteroatoms. The van der Waals surface area contributed by atoms with E-state index < -0.39 is 17.8 Å². The fraction of sp³-hybridized carbons (Fsp3) is 0.577. The van der Waals surface area contributed by atoms with Gasteiger partial charge < -0.3 is 14.8 Å². The van der Waals surface area contributed by atoms with E-state index in [-0.39, 0.29) is 24.5 Å². The molecule has 0 spiro atoms. The zero-order valence-corrected chi connectivity index (χ0v) is 22.3. The number of esters is 1. The minimum absolute atomic E-state index is 0.0513. The van der Waals surface area contributed by atoms with Crippen LogP contribution in [0.2, 0.25) is 0 Å². The van der Waals surface area contributed by atoms with Crippen LogP contribution in [-0.4, -0.2) is 43.3 Å². The molecule has 0 unspecified atom stereocenters. The van der Waals surface area contributed by atoms with Crippen LogP contribution < -0.4 is 10.8 Å². The van der Waals surface area contributed by atoms with Crippen LogP contribution in [0, 0.1) is 5.92 Å². The average molecular weight is 483 g/mol. The van der Waals surface area contributed by atoms with E-state index in [1.54, 1.807) is 6.08 Å². The Morgan fingerprint density at radius 1 is 1.12 bits per heavy atom. The van der Waals surface area contributed by atoms with Crippen LogP contribution in [0.1, 0.15) is 74.1 Å². The normalized spacial score (nSPS) is 11.0. The summed E-state index contributed by atoms with van der Waals surface area (Å²) in [7, 11) is 1.21. The number of hydroxylamine groups is 1. The van der Waals surface area contributed by atoms with Crippen molar-refractivity contribution >= 4 is 17.8 Å². The predicted molar refractivity (Wildman–Crippen MR) is 137 cm³/mol. The molecule has 0 heterocycles. The molecule has 2 amide bonds. The maximum atomic E-state index is 11.7. The number of ether oxygens (including phenoxy) is 2. The SMILES string of the molecule is C=C(/C=C\C(C)=C/C)OCCCCC.CC.COC(=O)CNC(=O)/C(=C\C(C)C)CC(=O)NO. The summed E-state index contributed by atoms with van der Waals surface area (Å²) in [5.41, 5.74) is 2.85. The lowest BCUT2D eigenvalue weighted by Gasteiger charge is -2.08. The molecule has 0 saturated heterocycles. The molecule has 0 radical (unpaired) electrons. The fourth-order valence-electron chi connectivity index (χ4n) is 2.09. The summed E-state index contributed by atoms with van der Waals surface area (Å²) in [6.07, 6.45) is 10.9. The van der Waals surface area contributed by atoms with Crippen LogP contribution in [0.3, 0.4) is 0 Å². The molecular weight excluding hydrogens is 436 g/mol. The number of carbonyl (C=O) groups excluding carboxylic acids is 3. The van der Waals surface area contributed by atoms with E-state index in [0.29, 0.717) is 0 Å². The molecule has 0 rings (SSSR count). The number of unbranched alkanes of at least 4 members (excludes halogenated alkanes) is 2. The van der Waals surface area contributed by atoms with E-state index in [2.05, 4.69) is 36.6 Å². The summed E-state index contributed by atoms with van der Waals surface area (Å²) in [4.78, 5) is 33.6. The van der Waals surface area contributed by atoms with Gasteiger partial charge in [-0.2, -0.15) is 0 Å². The van der Waals surface area contributed by atoms with Gasteiger partial charge in [-0.15, -0.1) is 0 Å². The number of rotatable bonds is 13. The Hall–Kier alpha value is -2.87. The summed E-state index contributed by atoms with van der Waals surface area (Å²) in [6.45, 7) is 18.3. The van der Waals surface area contributed by atoms with Crippen LogP contribution in [0.25, 0.3) is 0 Å². The van der Waals surface area contributed by atoms with Gasteiger partial charge in [0.15, 0.2) is 0 Å². The molecule has 0 aliphatic rings. The molecule has 0 aromatic heterocycles. The third-order valence-corrected chi connectivity index (χ3v) is 3.95. The molecule has 196 valence electrons. The van der Waals surface area contributed by atoms with Crippen molar-refractivity contribution in [1.82, 2.24) is 10.8 Å². The van der Waals surface area contributed by atoms with Gasteiger partial charge in [0.05, 0.1) is 20.1 Å². The van der Waals surface area contributed by atoms with Crippen molar-refractivity contribution in [2.24, 2.45) is 5.92 Å². The first kappa shape index (κ1) is 35.7. The van der Waals surface area contributed by atoms with Gasteiger partial charge in [0.1, 0.15) is 12.3 Å². The third-order valence-electron chi connectivity index (χ3n) is 3.95. The first-order valence-corrected chi connectivity index (χ1v) is 11.7. The largest absolute Gasteiger partial charge is 0.494 e. The van der Waals surface area contributed by atoms with Crippen molar-refractivity contribution in [2.75, 3.05) is 20.3 Å². The highest BCUT2D eigenvalue weighted by molar-refractivity contribution is 5.99. The van der Waals surface area contributed by atoms with Crippen LogP contribution in [0.4, 0.5) is 0 Å². The van der Waals surface area contributed by atoms with Gasteiger partial charge >= 0.3 is 5.97 Å². The van der Waals surface area contributed by atoms with Crippen molar-refractivity contribution in [2.45, 2.75) is 74.1 Å². The zero-order valence-electron chi connectivity index (χ0n) is 22.3. The van der Waals surface area contributed by atoms with Crippen LogP contribution in [0.15, 0.2) is 47.8 Å². The Kier molecular flexibility index (Phi) is 26.0. The van der Waals surface area contributed by atoms with Crippen molar-refractivity contribution in [3.05, 3.63) is 47.8 Å². The van der Waals surface area contributed by atoms with Crippen molar-refractivity contribution in [3.63, 3.8) is 0 Å². The molecule has 34 heavy (non-hydrogen) atoms. The number of carbonyl (C=O) groups is 3. The second-order valence-electron chi connectivity index (χ2n) is 7.29. The van der Waals surface area contributed by atoms with E-state index in [0.717, 1.165) is 18.8 Å².